The summed E-state index contributed by atoms with van der Waals surface area (Å²) in [7, 11) is -2.32. The number of hydrogen-bond acceptors (Lipinski definition) is 3. The number of carbonyl (C=O) groups excluding carboxylic acids is 1. The van der Waals surface area contributed by atoms with Crippen molar-refractivity contribution < 1.29 is 26.4 Å². The van der Waals surface area contributed by atoms with Gasteiger partial charge in [0.25, 0.3) is 0 Å². The van der Waals surface area contributed by atoms with Crippen molar-refractivity contribution in [3.63, 3.8) is 0 Å². The maximum absolute atomic E-state index is 12.8. The van der Waals surface area contributed by atoms with Crippen LogP contribution in [0.1, 0.15) is 25.3 Å². The fourth-order valence-electron chi connectivity index (χ4n) is 2.79. The van der Waals surface area contributed by atoms with Crippen LogP contribution in [-0.2, 0) is 21.0 Å². The Bertz CT molecular complexity index is 726. The number of piperidine rings is 1. The molecule has 1 aromatic rings. The number of halogens is 3. The van der Waals surface area contributed by atoms with Crippen molar-refractivity contribution in [2.45, 2.75) is 30.8 Å². The van der Waals surface area contributed by atoms with Gasteiger partial charge < -0.3 is 4.90 Å². The van der Waals surface area contributed by atoms with Gasteiger partial charge in [-0.15, -0.1) is 0 Å². The summed E-state index contributed by atoms with van der Waals surface area (Å²) in [5.41, 5.74) is -0.997. The van der Waals surface area contributed by atoms with E-state index in [-0.39, 0.29) is 29.8 Å². The van der Waals surface area contributed by atoms with E-state index in [0.29, 0.717) is 25.5 Å². The molecule has 0 spiro atoms. The van der Waals surface area contributed by atoms with Crippen LogP contribution in [0, 0.1) is 5.92 Å². The smallest absolute Gasteiger partial charge is 0.346 e. The van der Waals surface area contributed by atoms with Crippen LogP contribution < -0.4 is 0 Å². The summed E-state index contributed by atoms with van der Waals surface area (Å²) in [6.45, 7) is 2.66. The van der Waals surface area contributed by atoms with E-state index in [4.69, 9.17) is 0 Å². The van der Waals surface area contributed by atoms with Crippen molar-refractivity contribution in [2.75, 3.05) is 26.7 Å². The molecule has 0 atom stereocenters. The normalized spacial score (nSPS) is 17.5. The Morgan fingerprint density at radius 1 is 1.28 bits per heavy atom. The molecule has 2 rings (SSSR count). The molecule has 1 amide bonds. The lowest BCUT2D eigenvalue weighted by Gasteiger charge is -2.32. The Balaban J connectivity index is 2.14. The van der Waals surface area contributed by atoms with Gasteiger partial charge in [0, 0.05) is 32.6 Å². The Labute approximate surface area is 145 Å². The van der Waals surface area contributed by atoms with Crippen LogP contribution in [-0.4, -0.2) is 50.2 Å². The first-order valence-corrected chi connectivity index (χ1v) is 9.43. The average Bonchev–Trinajstić information content (AvgIpc) is 2.60. The molecule has 0 radical (unpaired) electrons. The monoisotopic (exact) mass is 378 g/mol. The number of benzene rings is 1. The van der Waals surface area contributed by atoms with E-state index in [0.717, 1.165) is 22.5 Å². The third-order valence-electron chi connectivity index (χ3n) is 4.45. The summed E-state index contributed by atoms with van der Waals surface area (Å²) in [6, 6.07) is 3.73. The first kappa shape index (κ1) is 19.7. The highest BCUT2D eigenvalue weighted by Gasteiger charge is 2.35. The highest BCUT2D eigenvalue weighted by atomic mass is 32.2. The van der Waals surface area contributed by atoms with Gasteiger partial charge in [0.05, 0.1) is 10.5 Å². The zero-order chi connectivity index (χ0) is 18.8. The van der Waals surface area contributed by atoms with Crippen molar-refractivity contribution in [3.05, 3.63) is 29.8 Å². The Morgan fingerprint density at radius 3 is 2.40 bits per heavy atom. The van der Waals surface area contributed by atoms with Gasteiger partial charge in [-0.1, -0.05) is 6.07 Å². The molecule has 1 heterocycles. The number of amides is 1. The summed E-state index contributed by atoms with van der Waals surface area (Å²) >= 11 is 0. The van der Waals surface area contributed by atoms with Crippen LogP contribution in [0.25, 0.3) is 0 Å². The van der Waals surface area contributed by atoms with E-state index < -0.39 is 21.8 Å². The zero-order valence-corrected chi connectivity index (χ0v) is 14.9. The number of rotatable bonds is 4. The summed E-state index contributed by atoms with van der Waals surface area (Å²) in [5, 5.41) is 0. The lowest BCUT2D eigenvalue weighted by atomic mass is 9.97. The quantitative estimate of drug-likeness (QED) is 0.809. The van der Waals surface area contributed by atoms with Crippen LogP contribution in [0.15, 0.2) is 29.2 Å². The lowest BCUT2D eigenvalue weighted by Crippen LogP contribution is -2.43. The van der Waals surface area contributed by atoms with Gasteiger partial charge in [0.15, 0.2) is 0 Å². The molecule has 0 aliphatic carbocycles. The minimum atomic E-state index is -4.60. The zero-order valence-electron chi connectivity index (χ0n) is 14.1. The van der Waals surface area contributed by atoms with E-state index in [1.807, 2.05) is 6.92 Å². The minimum absolute atomic E-state index is 0.0291. The molecule has 1 aliphatic rings. The molecular formula is C16H21F3N2O3S. The van der Waals surface area contributed by atoms with Gasteiger partial charge in [0.2, 0.25) is 15.9 Å². The van der Waals surface area contributed by atoms with Crippen molar-refractivity contribution in [2.24, 2.45) is 5.92 Å². The maximum Gasteiger partial charge on any atom is 0.416 e. The number of hydrogen-bond donors (Lipinski definition) is 0. The largest absolute Gasteiger partial charge is 0.416 e. The van der Waals surface area contributed by atoms with E-state index in [2.05, 4.69) is 0 Å². The third-order valence-corrected chi connectivity index (χ3v) is 6.35. The van der Waals surface area contributed by atoms with E-state index in [9.17, 15) is 26.4 Å². The van der Waals surface area contributed by atoms with Crippen molar-refractivity contribution in [3.8, 4) is 0 Å². The second-order valence-corrected chi connectivity index (χ2v) is 7.99. The fourth-order valence-corrected chi connectivity index (χ4v) is 4.31. The second-order valence-electron chi connectivity index (χ2n) is 6.06. The standard InChI is InChI=1S/C16H21F3N2O3S/c1-3-20(2)15(22)12-7-9-21(10-8-12)25(23,24)14-6-4-5-13(11-14)16(17,18)19/h4-6,11-12H,3,7-10H2,1-2H3. The van der Waals surface area contributed by atoms with Crippen molar-refractivity contribution >= 4 is 15.9 Å². The van der Waals surface area contributed by atoms with Crippen LogP contribution >= 0.6 is 0 Å². The Hall–Kier alpha value is -1.61. The molecule has 1 aliphatic heterocycles. The lowest BCUT2D eigenvalue weighted by molar-refractivity contribution is -0.138. The number of sulfonamides is 1. The molecule has 9 heteroatoms. The third kappa shape index (κ3) is 4.33. The molecule has 0 unspecified atom stereocenters. The van der Waals surface area contributed by atoms with Gasteiger partial charge >= 0.3 is 6.18 Å². The minimum Gasteiger partial charge on any atom is -0.346 e. The van der Waals surface area contributed by atoms with Gasteiger partial charge in [-0.2, -0.15) is 17.5 Å². The highest BCUT2D eigenvalue weighted by molar-refractivity contribution is 7.89. The van der Waals surface area contributed by atoms with Gasteiger partial charge in [-0.25, -0.2) is 8.42 Å². The molecule has 0 aromatic heterocycles. The number of nitrogens with zero attached hydrogens (tertiary/aromatic N) is 2. The van der Waals surface area contributed by atoms with Gasteiger partial charge in [-0.3, -0.25) is 4.79 Å². The molecule has 0 bridgehead atoms. The predicted molar refractivity (Wildman–Crippen MR) is 86.2 cm³/mol. The second kappa shape index (κ2) is 7.33. The maximum atomic E-state index is 12.8. The van der Waals surface area contributed by atoms with E-state index in [1.165, 1.54) is 0 Å². The van der Waals surface area contributed by atoms with Crippen LogP contribution in [0.5, 0.6) is 0 Å². The molecule has 1 fully saturated rings. The molecular weight excluding hydrogens is 357 g/mol. The summed E-state index contributed by atoms with van der Waals surface area (Å²) in [6.07, 6.45) is -3.88. The molecule has 140 valence electrons. The highest BCUT2D eigenvalue weighted by Crippen LogP contribution is 2.32. The van der Waals surface area contributed by atoms with Crippen LogP contribution in [0.4, 0.5) is 13.2 Å². The molecule has 25 heavy (non-hydrogen) atoms. The van der Waals surface area contributed by atoms with Crippen molar-refractivity contribution in [1.82, 2.24) is 9.21 Å². The van der Waals surface area contributed by atoms with E-state index >= 15 is 0 Å². The Kier molecular flexibility index (Phi) is 5.78. The summed E-state index contributed by atoms with van der Waals surface area (Å²) in [5.74, 6) is -0.281. The van der Waals surface area contributed by atoms with Gasteiger partial charge in [0.1, 0.15) is 0 Å². The van der Waals surface area contributed by atoms with Crippen LogP contribution in [0.3, 0.4) is 0 Å². The molecule has 1 aromatic carbocycles. The summed E-state index contributed by atoms with van der Waals surface area (Å²) in [4.78, 5) is 13.4. The fraction of sp³-hybridized carbons (Fsp3) is 0.562. The van der Waals surface area contributed by atoms with Crippen LogP contribution in [0.2, 0.25) is 0 Å². The Morgan fingerprint density at radius 2 is 1.88 bits per heavy atom. The van der Waals surface area contributed by atoms with E-state index in [1.54, 1.807) is 11.9 Å². The summed E-state index contributed by atoms with van der Waals surface area (Å²) < 4.78 is 64.7. The van der Waals surface area contributed by atoms with Gasteiger partial charge in [-0.05, 0) is 38.0 Å². The average molecular weight is 378 g/mol. The first-order valence-electron chi connectivity index (χ1n) is 7.99. The molecule has 0 N–H and O–H groups in total. The molecule has 1 saturated heterocycles. The number of alkyl halides is 3. The predicted octanol–water partition coefficient (Wildman–Crippen LogP) is 2.58. The topological polar surface area (TPSA) is 57.7 Å². The number of carbonyl (C=O) groups is 1. The molecule has 5 nitrogen and oxygen atoms in total. The van der Waals surface area contributed by atoms with Crippen molar-refractivity contribution in [1.29, 1.82) is 0 Å². The molecule has 0 saturated carbocycles. The first-order chi connectivity index (χ1) is 11.6. The SMILES string of the molecule is CCN(C)C(=O)C1CCN(S(=O)(=O)c2cccc(C(F)(F)F)c2)CC1.